The number of benzene rings is 1. The summed E-state index contributed by atoms with van der Waals surface area (Å²) in [7, 11) is 1.88. The number of piperidine rings is 1. The molecule has 1 aromatic rings. The third-order valence-electron chi connectivity index (χ3n) is 4.60. The Bertz CT molecular complexity index is 740. The maximum Gasteiger partial charge on any atom is 0.417 e. The zero-order valence-electron chi connectivity index (χ0n) is 15.2. The summed E-state index contributed by atoms with van der Waals surface area (Å²) in [4.78, 5) is 26.7. The minimum Gasteiger partial charge on any atom is -0.332 e. The third-order valence-corrected chi connectivity index (χ3v) is 4.91. The molecule has 0 bridgehead atoms. The van der Waals surface area contributed by atoms with Crippen molar-refractivity contribution in [1.82, 2.24) is 9.80 Å². The Morgan fingerprint density at radius 3 is 2.52 bits per heavy atom. The van der Waals surface area contributed by atoms with Crippen LogP contribution in [0.1, 0.15) is 42.6 Å². The number of nitro groups is 1. The number of likely N-dealkylation sites (tertiary alicyclic amines) is 1. The van der Waals surface area contributed by atoms with Gasteiger partial charge in [-0.1, -0.05) is 11.6 Å². The lowest BCUT2D eigenvalue weighted by atomic mass is 9.99. The molecular weight excluding hydrogens is 387 g/mol. The molecule has 27 heavy (non-hydrogen) atoms. The fourth-order valence-corrected chi connectivity index (χ4v) is 3.67. The second kappa shape index (κ2) is 8.02. The Kier molecular flexibility index (Phi) is 6.36. The van der Waals surface area contributed by atoms with Gasteiger partial charge in [0, 0.05) is 24.7 Å². The van der Waals surface area contributed by atoms with Crippen LogP contribution in [0.5, 0.6) is 0 Å². The van der Waals surface area contributed by atoms with Crippen LogP contribution < -0.4 is 0 Å². The molecule has 1 aliphatic heterocycles. The molecule has 150 valence electrons. The smallest absolute Gasteiger partial charge is 0.332 e. The predicted octanol–water partition coefficient (Wildman–Crippen LogP) is 4.21. The number of rotatable bonds is 4. The van der Waals surface area contributed by atoms with Gasteiger partial charge in [0.15, 0.2) is 0 Å². The van der Waals surface area contributed by atoms with Gasteiger partial charge in [0.25, 0.3) is 11.6 Å². The van der Waals surface area contributed by atoms with E-state index in [4.69, 9.17) is 11.6 Å². The average Bonchev–Trinajstić information content (AvgIpc) is 2.53. The van der Waals surface area contributed by atoms with E-state index < -0.39 is 38.8 Å². The number of carbonyl (C=O) groups excluding carboxylic acids is 1. The standard InChI is InChI=1S/C17H21ClF3N3O3/c1-10(2)23(11-5-4-6-22(3)9-11)16(25)12-7-15(24(26)27)14(18)8-13(12)17(19,20)21/h7-8,10-11H,4-6,9H2,1-3H3/t11-/m1/s1. The molecular formula is C17H21ClF3N3O3. The van der Waals surface area contributed by atoms with Crippen LogP contribution in [0, 0.1) is 10.1 Å². The number of nitro benzene ring substituents is 1. The SMILES string of the molecule is CC(C)N(C(=O)c1cc([N+](=O)[O-])c(Cl)cc1C(F)(F)F)[C@@H]1CCCN(C)C1. The minimum absolute atomic E-state index is 0.271. The first-order valence-corrected chi connectivity index (χ1v) is 8.87. The Morgan fingerprint density at radius 1 is 1.41 bits per heavy atom. The van der Waals surface area contributed by atoms with E-state index >= 15 is 0 Å². The Labute approximate surface area is 160 Å². The summed E-state index contributed by atoms with van der Waals surface area (Å²) in [6.07, 6.45) is -3.40. The van der Waals surface area contributed by atoms with Gasteiger partial charge in [-0.25, -0.2) is 0 Å². The van der Waals surface area contributed by atoms with Crippen LogP contribution in [-0.2, 0) is 6.18 Å². The fraction of sp³-hybridized carbons (Fsp3) is 0.588. The highest BCUT2D eigenvalue weighted by molar-refractivity contribution is 6.33. The van der Waals surface area contributed by atoms with Gasteiger partial charge in [0.05, 0.1) is 16.1 Å². The van der Waals surface area contributed by atoms with Crippen molar-refractivity contribution in [2.75, 3.05) is 20.1 Å². The van der Waals surface area contributed by atoms with Gasteiger partial charge in [-0.05, 0) is 46.3 Å². The van der Waals surface area contributed by atoms with Crippen molar-refractivity contribution in [2.24, 2.45) is 0 Å². The lowest BCUT2D eigenvalue weighted by Crippen LogP contribution is -2.52. The minimum atomic E-state index is -4.87. The number of hydrogen-bond donors (Lipinski definition) is 0. The number of carbonyl (C=O) groups is 1. The van der Waals surface area contributed by atoms with Gasteiger partial charge >= 0.3 is 6.18 Å². The largest absolute Gasteiger partial charge is 0.417 e. The van der Waals surface area contributed by atoms with E-state index in [1.165, 1.54) is 4.90 Å². The molecule has 0 N–H and O–H groups in total. The molecule has 1 fully saturated rings. The van der Waals surface area contributed by atoms with E-state index in [9.17, 15) is 28.1 Å². The Morgan fingerprint density at radius 2 is 2.04 bits per heavy atom. The first-order valence-electron chi connectivity index (χ1n) is 8.49. The highest BCUT2D eigenvalue weighted by atomic mass is 35.5. The number of likely N-dealkylation sites (N-methyl/N-ethyl adjacent to an activating group) is 1. The first kappa shape index (κ1) is 21.4. The second-order valence-corrected chi connectivity index (χ2v) is 7.38. The first-order chi connectivity index (χ1) is 12.4. The molecule has 10 heteroatoms. The monoisotopic (exact) mass is 407 g/mol. The molecule has 1 amide bonds. The molecule has 0 radical (unpaired) electrons. The summed E-state index contributed by atoms with van der Waals surface area (Å²) in [6, 6.07) is 0.449. The van der Waals surface area contributed by atoms with E-state index in [2.05, 4.69) is 0 Å². The summed E-state index contributed by atoms with van der Waals surface area (Å²) < 4.78 is 40.4. The van der Waals surface area contributed by atoms with Gasteiger partial charge in [0.1, 0.15) is 5.02 Å². The molecule has 2 rings (SSSR count). The van der Waals surface area contributed by atoms with Gasteiger partial charge in [-0.15, -0.1) is 0 Å². The molecule has 1 aliphatic rings. The van der Waals surface area contributed by atoms with Crippen LogP contribution in [-0.4, -0.2) is 52.9 Å². The van der Waals surface area contributed by atoms with Crippen LogP contribution >= 0.6 is 11.6 Å². The summed E-state index contributed by atoms with van der Waals surface area (Å²) in [5.41, 5.74) is -2.74. The molecule has 0 unspecified atom stereocenters. The van der Waals surface area contributed by atoms with E-state index in [1.54, 1.807) is 13.8 Å². The zero-order chi connectivity index (χ0) is 20.5. The zero-order valence-corrected chi connectivity index (χ0v) is 16.0. The molecule has 1 saturated heterocycles. The highest BCUT2D eigenvalue weighted by Gasteiger charge is 2.40. The van der Waals surface area contributed by atoms with Crippen molar-refractivity contribution >= 4 is 23.2 Å². The summed E-state index contributed by atoms with van der Waals surface area (Å²) in [5, 5.41) is 10.5. The molecule has 0 aliphatic carbocycles. The Hall–Kier alpha value is -1.87. The van der Waals surface area contributed by atoms with Crippen molar-refractivity contribution in [3.05, 3.63) is 38.4 Å². The number of hydrogen-bond acceptors (Lipinski definition) is 4. The van der Waals surface area contributed by atoms with Gasteiger partial charge in [-0.2, -0.15) is 13.2 Å². The molecule has 1 heterocycles. The Balaban J connectivity index is 2.56. The second-order valence-electron chi connectivity index (χ2n) is 6.97. The van der Waals surface area contributed by atoms with E-state index in [0.717, 1.165) is 13.0 Å². The maximum atomic E-state index is 13.5. The maximum absolute atomic E-state index is 13.5. The van der Waals surface area contributed by atoms with E-state index in [-0.39, 0.29) is 12.1 Å². The fourth-order valence-electron chi connectivity index (χ4n) is 3.44. The van der Waals surface area contributed by atoms with Crippen LogP contribution in [0.3, 0.4) is 0 Å². The van der Waals surface area contributed by atoms with Crippen LogP contribution in [0.15, 0.2) is 12.1 Å². The number of halogens is 4. The van der Waals surface area contributed by atoms with Gasteiger partial charge in [0.2, 0.25) is 0 Å². The quantitative estimate of drug-likeness (QED) is 0.554. The summed E-state index contributed by atoms with van der Waals surface area (Å²) in [5.74, 6) is -0.877. The normalized spacial score (nSPS) is 18.6. The van der Waals surface area contributed by atoms with Crippen molar-refractivity contribution in [2.45, 2.75) is 44.9 Å². The van der Waals surface area contributed by atoms with Crippen molar-refractivity contribution in [1.29, 1.82) is 0 Å². The molecule has 1 atom stereocenters. The lowest BCUT2D eigenvalue weighted by Gasteiger charge is -2.40. The van der Waals surface area contributed by atoms with E-state index in [0.29, 0.717) is 25.1 Å². The summed E-state index contributed by atoms with van der Waals surface area (Å²) in [6.45, 7) is 4.80. The number of amides is 1. The summed E-state index contributed by atoms with van der Waals surface area (Å²) >= 11 is 5.64. The predicted molar refractivity (Wildman–Crippen MR) is 94.9 cm³/mol. The number of nitrogens with zero attached hydrogens (tertiary/aromatic N) is 3. The highest BCUT2D eigenvalue weighted by Crippen LogP contribution is 2.38. The van der Waals surface area contributed by atoms with Crippen LogP contribution in [0.2, 0.25) is 5.02 Å². The van der Waals surface area contributed by atoms with E-state index in [1.807, 2.05) is 11.9 Å². The molecule has 1 aromatic carbocycles. The van der Waals surface area contributed by atoms with Gasteiger partial charge < -0.3 is 9.80 Å². The third kappa shape index (κ3) is 4.70. The van der Waals surface area contributed by atoms with Crippen molar-refractivity contribution in [3.8, 4) is 0 Å². The van der Waals surface area contributed by atoms with Crippen LogP contribution in [0.25, 0.3) is 0 Å². The van der Waals surface area contributed by atoms with Crippen LogP contribution in [0.4, 0.5) is 18.9 Å². The topological polar surface area (TPSA) is 66.7 Å². The lowest BCUT2D eigenvalue weighted by molar-refractivity contribution is -0.384. The van der Waals surface area contributed by atoms with Gasteiger partial charge in [-0.3, -0.25) is 14.9 Å². The molecule has 0 aromatic heterocycles. The molecule has 0 saturated carbocycles. The molecule has 6 nitrogen and oxygen atoms in total. The average molecular weight is 408 g/mol. The van der Waals surface area contributed by atoms with Crippen molar-refractivity contribution < 1.29 is 22.9 Å². The van der Waals surface area contributed by atoms with Crippen molar-refractivity contribution in [3.63, 3.8) is 0 Å². The molecule has 0 spiro atoms. The number of alkyl halides is 3.